The number of fused-ring (bicyclic) bond motifs is 1. The fourth-order valence-corrected chi connectivity index (χ4v) is 2.15. The highest BCUT2D eigenvalue weighted by atomic mass is 35.5. The van der Waals surface area contributed by atoms with Crippen LogP contribution >= 0.6 is 11.6 Å². The maximum absolute atomic E-state index is 6.01. The second-order valence-corrected chi connectivity index (χ2v) is 4.53. The lowest BCUT2D eigenvalue weighted by molar-refractivity contribution is 0.879. The highest BCUT2D eigenvalue weighted by Crippen LogP contribution is 2.32. The Morgan fingerprint density at radius 2 is 1.80 bits per heavy atom. The van der Waals surface area contributed by atoms with Crippen LogP contribution in [-0.4, -0.2) is 0 Å². The molecule has 2 aromatic carbocycles. The summed E-state index contributed by atoms with van der Waals surface area (Å²) < 4.78 is 0. The lowest BCUT2D eigenvalue weighted by Gasteiger charge is -2.13. The maximum atomic E-state index is 6.01. The van der Waals surface area contributed by atoms with E-state index in [9.17, 15) is 0 Å². The first-order valence-electron chi connectivity index (χ1n) is 5.07. The zero-order valence-corrected chi connectivity index (χ0v) is 9.68. The second kappa shape index (κ2) is 3.74. The van der Waals surface area contributed by atoms with E-state index in [0.717, 1.165) is 16.1 Å². The van der Waals surface area contributed by atoms with Gasteiger partial charge in [-0.15, -0.1) is 0 Å². The average Bonchev–Trinajstić information content (AvgIpc) is 2.16. The minimum atomic E-state index is 0.409. The van der Waals surface area contributed by atoms with Gasteiger partial charge in [0.15, 0.2) is 0 Å². The first-order chi connectivity index (χ1) is 7.09. The smallest absolute Gasteiger partial charge is 0.0412 e. The highest BCUT2D eigenvalue weighted by molar-refractivity contribution is 6.31. The minimum Gasteiger partial charge on any atom is -0.398 e. The Morgan fingerprint density at radius 3 is 2.47 bits per heavy atom. The van der Waals surface area contributed by atoms with Gasteiger partial charge < -0.3 is 5.73 Å². The van der Waals surface area contributed by atoms with E-state index in [4.69, 9.17) is 17.3 Å². The molecule has 0 saturated carbocycles. The molecular formula is C13H14ClN. The lowest BCUT2D eigenvalue weighted by atomic mass is 9.94. The molecule has 0 heterocycles. The van der Waals surface area contributed by atoms with Gasteiger partial charge in [0.05, 0.1) is 0 Å². The van der Waals surface area contributed by atoms with Crippen molar-refractivity contribution in [2.45, 2.75) is 19.8 Å². The van der Waals surface area contributed by atoms with E-state index >= 15 is 0 Å². The summed E-state index contributed by atoms with van der Waals surface area (Å²) >= 11 is 6.01. The zero-order valence-electron chi connectivity index (χ0n) is 8.92. The van der Waals surface area contributed by atoms with Crippen molar-refractivity contribution in [3.63, 3.8) is 0 Å². The molecule has 15 heavy (non-hydrogen) atoms. The van der Waals surface area contributed by atoms with Crippen molar-refractivity contribution < 1.29 is 0 Å². The number of anilines is 1. The van der Waals surface area contributed by atoms with Crippen molar-refractivity contribution in [2.24, 2.45) is 0 Å². The predicted octanol–water partition coefficient (Wildman–Crippen LogP) is 4.20. The van der Waals surface area contributed by atoms with Gasteiger partial charge in [-0.1, -0.05) is 37.6 Å². The van der Waals surface area contributed by atoms with Crippen LogP contribution < -0.4 is 5.73 Å². The van der Waals surface area contributed by atoms with Gasteiger partial charge in [-0.3, -0.25) is 0 Å². The van der Waals surface area contributed by atoms with Gasteiger partial charge in [0.1, 0.15) is 0 Å². The predicted molar refractivity (Wildman–Crippen MR) is 67.5 cm³/mol. The van der Waals surface area contributed by atoms with Gasteiger partial charge in [-0.05, 0) is 40.5 Å². The summed E-state index contributed by atoms with van der Waals surface area (Å²) in [5.41, 5.74) is 8.03. The van der Waals surface area contributed by atoms with Gasteiger partial charge in [0, 0.05) is 10.7 Å². The third-order valence-electron chi connectivity index (χ3n) is 2.64. The van der Waals surface area contributed by atoms with E-state index in [1.165, 1.54) is 10.9 Å². The molecular weight excluding hydrogens is 206 g/mol. The van der Waals surface area contributed by atoms with Crippen molar-refractivity contribution in [1.29, 1.82) is 0 Å². The lowest BCUT2D eigenvalue weighted by Crippen LogP contribution is -1.97. The Bertz CT molecular complexity index is 498. The summed E-state index contributed by atoms with van der Waals surface area (Å²) in [5.74, 6) is 0.409. The standard InChI is InChI=1S/C13H14ClN/c1-8(2)13-11-7-10(14)5-3-9(11)4-6-12(13)15/h3-8H,15H2,1-2H3. The molecule has 1 nitrogen and oxygen atoms in total. The molecule has 0 aliphatic heterocycles. The number of halogens is 1. The molecule has 0 unspecified atom stereocenters. The van der Waals surface area contributed by atoms with Crippen molar-refractivity contribution in [1.82, 2.24) is 0 Å². The molecule has 2 rings (SSSR count). The first kappa shape index (κ1) is 10.3. The maximum Gasteiger partial charge on any atom is 0.0412 e. The van der Waals surface area contributed by atoms with E-state index < -0.39 is 0 Å². The topological polar surface area (TPSA) is 26.0 Å². The largest absolute Gasteiger partial charge is 0.398 e. The Kier molecular flexibility index (Phi) is 2.57. The average molecular weight is 220 g/mol. The normalized spacial score (nSPS) is 11.2. The molecule has 0 amide bonds. The summed E-state index contributed by atoms with van der Waals surface area (Å²) in [6, 6.07) is 9.92. The molecule has 2 heteroatoms. The molecule has 0 spiro atoms. The monoisotopic (exact) mass is 219 g/mol. The van der Waals surface area contributed by atoms with Crippen molar-refractivity contribution >= 4 is 28.1 Å². The molecule has 2 aromatic rings. The molecule has 0 aromatic heterocycles. The van der Waals surface area contributed by atoms with Gasteiger partial charge >= 0.3 is 0 Å². The van der Waals surface area contributed by atoms with Crippen LogP contribution in [0.15, 0.2) is 30.3 Å². The number of rotatable bonds is 1. The third kappa shape index (κ3) is 1.80. The van der Waals surface area contributed by atoms with E-state index in [1.54, 1.807) is 0 Å². The third-order valence-corrected chi connectivity index (χ3v) is 2.87. The van der Waals surface area contributed by atoms with Crippen LogP contribution in [-0.2, 0) is 0 Å². The Morgan fingerprint density at radius 1 is 1.13 bits per heavy atom. The summed E-state index contributed by atoms with van der Waals surface area (Å²) in [5, 5.41) is 3.12. The van der Waals surface area contributed by atoms with Crippen molar-refractivity contribution in [3.05, 3.63) is 40.9 Å². The SMILES string of the molecule is CC(C)c1c(N)ccc2ccc(Cl)cc12. The van der Waals surface area contributed by atoms with Crippen LogP contribution in [0.2, 0.25) is 5.02 Å². The van der Waals surface area contributed by atoms with Gasteiger partial charge in [-0.2, -0.15) is 0 Å². The number of nitrogens with two attached hydrogens (primary N) is 1. The Hall–Kier alpha value is -1.21. The van der Waals surface area contributed by atoms with Gasteiger partial charge in [0.2, 0.25) is 0 Å². The highest BCUT2D eigenvalue weighted by Gasteiger charge is 2.09. The molecule has 0 radical (unpaired) electrons. The van der Waals surface area contributed by atoms with Gasteiger partial charge in [0.25, 0.3) is 0 Å². The Labute approximate surface area is 94.9 Å². The van der Waals surface area contributed by atoms with Crippen molar-refractivity contribution in [2.75, 3.05) is 5.73 Å². The quantitative estimate of drug-likeness (QED) is 0.715. The molecule has 0 atom stereocenters. The number of hydrogen-bond acceptors (Lipinski definition) is 1. The van der Waals surface area contributed by atoms with Gasteiger partial charge in [-0.25, -0.2) is 0 Å². The van der Waals surface area contributed by atoms with Crippen LogP contribution in [0.5, 0.6) is 0 Å². The molecule has 0 fully saturated rings. The fraction of sp³-hybridized carbons (Fsp3) is 0.231. The van der Waals surface area contributed by atoms with Crippen LogP contribution in [0.4, 0.5) is 5.69 Å². The zero-order chi connectivity index (χ0) is 11.0. The summed E-state index contributed by atoms with van der Waals surface area (Å²) in [7, 11) is 0. The van der Waals surface area contributed by atoms with Crippen LogP contribution in [0, 0.1) is 0 Å². The molecule has 0 bridgehead atoms. The first-order valence-corrected chi connectivity index (χ1v) is 5.45. The Balaban J connectivity index is 2.84. The van der Waals surface area contributed by atoms with E-state index in [2.05, 4.69) is 13.8 Å². The molecule has 78 valence electrons. The molecule has 0 saturated heterocycles. The number of nitrogen functional groups attached to an aromatic ring is 1. The van der Waals surface area contributed by atoms with Crippen LogP contribution in [0.25, 0.3) is 10.8 Å². The van der Waals surface area contributed by atoms with Crippen molar-refractivity contribution in [3.8, 4) is 0 Å². The fourth-order valence-electron chi connectivity index (χ4n) is 1.98. The van der Waals surface area contributed by atoms with E-state index in [1.807, 2.05) is 30.3 Å². The summed E-state index contributed by atoms with van der Waals surface area (Å²) in [6.45, 7) is 4.29. The minimum absolute atomic E-state index is 0.409. The summed E-state index contributed by atoms with van der Waals surface area (Å²) in [6.07, 6.45) is 0. The number of benzene rings is 2. The van der Waals surface area contributed by atoms with Crippen LogP contribution in [0.3, 0.4) is 0 Å². The second-order valence-electron chi connectivity index (χ2n) is 4.09. The molecule has 2 N–H and O–H groups in total. The van der Waals surface area contributed by atoms with E-state index in [0.29, 0.717) is 5.92 Å². The summed E-state index contributed by atoms with van der Waals surface area (Å²) in [4.78, 5) is 0. The number of hydrogen-bond donors (Lipinski definition) is 1. The van der Waals surface area contributed by atoms with E-state index in [-0.39, 0.29) is 0 Å². The molecule has 0 aliphatic carbocycles. The van der Waals surface area contributed by atoms with Crippen LogP contribution in [0.1, 0.15) is 25.3 Å². The molecule has 0 aliphatic rings.